The molecule has 0 aliphatic rings. The second-order valence-corrected chi connectivity index (χ2v) is 9.20. The number of rotatable bonds is 6. The fourth-order valence-electron chi connectivity index (χ4n) is 5.09. The minimum atomic E-state index is 0.0678. The van der Waals surface area contributed by atoms with Crippen molar-refractivity contribution in [3.05, 3.63) is 163 Å². The van der Waals surface area contributed by atoms with Crippen molar-refractivity contribution in [3.8, 4) is 11.1 Å². The van der Waals surface area contributed by atoms with Crippen molar-refractivity contribution in [2.24, 2.45) is 0 Å². The first kappa shape index (κ1) is 22.8. The third-order valence-electron chi connectivity index (χ3n) is 6.81. The van der Waals surface area contributed by atoms with Crippen LogP contribution in [-0.2, 0) is 0 Å². The lowest BCUT2D eigenvalue weighted by Crippen LogP contribution is -2.43. The van der Waals surface area contributed by atoms with Crippen molar-refractivity contribution in [2.75, 3.05) is 0 Å². The van der Waals surface area contributed by atoms with Crippen LogP contribution in [0.1, 0.15) is 11.3 Å². The minimum Gasteiger partial charge on any atom is -0.248 e. The lowest BCUT2D eigenvalue weighted by atomic mass is 9.35. The maximum atomic E-state index is 5.12. The van der Waals surface area contributed by atoms with Gasteiger partial charge >= 0.3 is 0 Å². The van der Waals surface area contributed by atoms with E-state index >= 15 is 0 Å². The highest BCUT2D eigenvalue weighted by molar-refractivity contribution is 7.00. The summed E-state index contributed by atoms with van der Waals surface area (Å²) >= 11 is 0. The SMILES string of the molecule is C(=C(/B(c1ccccc1)c1ccccc1)c1ccccc1)/c1cc(-c2ccccc2)c2ccccc2n1. The monoisotopic (exact) mass is 471 g/mol. The first-order valence-electron chi connectivity index (χ1n) is 12.7. The first-order valence-corrected chi connectivity index (χ1v) is 12.7. The average molecular weight is 471 g/mol. The molecule has 0 N–H and O–H groups in total. The number of para-hydroxylation sites is 1. The number of hydrogen-bond acceptors (Lipinski definition) is 1. The van der Waals surface area contributed by atoms with Gasteiger partial charge in [0.1, 0.15) is 0 Å². The standard InChI is InChI=1S/C35H26BN/c1-5-15-27(16-6-1)33-25-31(37-35-24-14-13-23-32(33)35)26-34(28-17-7-2-8-18-28)36(29-19-9-3-10-20-29)30-21-11-4-12-22-30/h1-26H/b34-26-. The molecule has 0 bridgehead atoms. The van der Waals surface area contributed by atoms with Gasteiger partial charge in [0, 0.05) is 5.39 Å². The zero-order valence-corrected chi connectivity index (χ0v) is 20.5. The summed E-state index contributed by atoms with van der Waals surface area (Å²) in [5.41, 5.74) is 9.27. The molecule has 2 heteroatoms. The molecule has 0 saturated heterocycles. The maximum Gasteiger partial charge on any atom is 0.242 e. The highest BCUT2D eigenvalue weighted by Crippen LogP contribution is 2.30. The lowest BCUT2D eigenvalue weighted by Gasteiger charge is -2.20. The van der Waals surface area contributed by atoms with Gasteiger partial charge in [0.15, 0.2) is 0 Å². The van der Waals surface area contributed by atoms with Gasteiger partial charge in [-0.15, -0.1) is 0 Å². The van der Waals surface area contributed by atoms with Gasteiger partial charge in [-0.2, -0.15) is 0 Å². The van der Waals surface area contributed by atoms with Crippen LogP contribution in [0, 0.1) is 0 Å². The Morgan fingerprint density at radius 1 is 0.541 bits per heavy atom. The molecule has 0 unspecified atom stereocenters. The Hall–Kier alpha value is -4.69. The summed E-state index contributed by atoms with van der Waals surface area (Å²) in [7, 11) is 0. The zero-order valence-electron chi connectivity index (χ0n) is 20.5. The quantitative estimate of drug-likeness (QED) is 0.233. The molecule has 0 radical (unpaired) electrons. The molecule has 0 fully saturated rings. The molecule has 0 amide bonds. The summed E-state index contributed by atoms with van der Waals surface area (Å²) in [6.45, 7) is 0.0678. The van der Waals surface area contributed by atoms with Crippen molar-refractivity contribution in [3.63, 3.8) is 0 Å². The van der Waals surface area contributed by atoms with Gasteiger partial charge in [0.2, 0.25) is 6.71 Å². The Morgan fingerprint density at radius 3 is 1.68 bits per heavy atom. The molecule has 0 atom stereocenters. The van der Waals surface area contributed by atoms with Gasteiger partial charge in [0.25, 0.3) is 0 Å². The predicted molar refractivity (Wildman–Crippen MR) is 159 cm³/mol. The first-order chi connectivity index (χ1) is 18.4. The minimum absolute atomic E-state index is 0.0678. The van der Waals surface area contributed by atoms with Crippen molar-refractivity contribution >= 4 is 40.1 Å². The predicted octanol–water partition coefficient (Wildman–Crippen LogP) is 7.29. The van der Waals surface area contributed by atoms with Crippen LogP contribution in [0.4, 0.5) is 0 Å². The number of pyridine rings is 1. The molecule has 1 nitrogen and oxygen atoms in total. The van der Waals surface area contributed by atoms with E-state index in [1.54, 1.807) is 0 Å². The summed E-state index contributed by atoms with van der Waals surface area (Å²) in [5.74, 6) is 0. The molecular formula is C35H26BN. The third-order valence-corrected chi connectivity index (χ3v) is 6.81. The zero-order chi connectivity index (χ0) is 24.9. The largest absolute Gasteiger partial charge is 0.248 e. The second kappa shape index (κ2) is 10.5. The van der Waals surface area contributed by atoms with Crippen LogP contribution in [0.25, 0.3) is 33.6 Å². The molecule has 0 aliphatic heterocycles. The number of nitrogens with zero attached hydrogens (tertiary/aromatic N) is 1. The summed E-state index contributed by atoms with van der Waals surface area (Å²) in [4.78, 5) is 5.12. The number of hydrogen-bond donors (Lipinski definition) is 0. The Labute approximate surface area is 218 Å². The molecule has 6 aromatic rings. The fourth-order valence-corrected chi connectivity index (χ4v) is 5.09. The van der Waals surface area contributed by atoms with E-state index in [1.807, 2.05) is 0 Å². The Morgan fingerprint density at radius 2 is 1.05 bits per heavy atom. The Bertz CT molecular complexity index is 1600. The molecule has 0 saturated carbocycles. The summed E-state index contributed by atoms with van der Waals surface area (Å²) < 4.78 is 0. The number of fused-ring (bicyclic) bond motifs is 1. The summed E-state index contributed by atoms with van der Waals surface area (Å²) in [6.07, 6.45) is 2.28. The van der Waals surface area contributed by atoms with Crippen LogP contribution < -0.4 is 10.9 Å². The smallest absolute Gasteiger partial charge is 0.242 e. The topological polar surface area (TPSA) is 12.9 Å². The van der Waals surface area contributed by atoms with E-state index in [9.17, 15) is 0 Å². The summed E-state index contributed by atoms with van der Waals surface area (Å²) in [6, 6.07) is 53.4. The van der Waals surface area contributed by atoms with Crippen molar-refractivity contribution < 1.29 is 0 Å². The summed E-state index contributed by atoms with van der Waals surface area (Å²) in [5, 5.41) is 1.16. The third kappa shape index (κ3) is 4.87. The van der Waals surface area contributed by atoms with Crippen LogP contribution in [0.3, 0.4) is 0 Å². The van der Waals surface area contributed by atoms with E-state index in [1.165, 1.54) is 33.1 Å². The van der Waals surface area contributed by atoms with Crippen LogP contribution in [0.15, 0.2) is 152 Å². The Kier molecular flexibility index (Phi) is 6.47. The van der Waals surface area contributed by atoms with E-state index in [-0.39, 0.29) is 6.71 Å². The van der Waals surface area contributed by atoms with Crippen LogP contribution in [0.2, 0.25) is 0 Å². The molecule has 174 valence electrons. The van der Waals surface area contributed by atoms with E-state index in [0.717, 1.165) is 16.6 Å². The van der Waals surface area contributed by atoms with E-state index < -0.39 is 0 Å². The van der Waals surface area contributed by atoms with Gasteiger partial charge < -0.3 is 0 Å². The molecule has 1 aromatic heterocycles. The van der Waals surface area contributed by atoms with Crippen LogP contribution in [0.5, 0.6) is 0 Å². The van der Waals surface area contributed by atoms with Gasteiger partial charge in [-0.25, -0.2) is 4.98 Å². The molecule has 0 aliphatic carbocycles. The van der Waals surface area contributed by atoms with E-state index in [2.05, 4.69) is 158 Å². The van der Waals surface area contributed by atoms with Gasteiger partial charge in [-0.1, -0.05) is 156 Å². The molecule has 5 aromatic carbocycles. The van der Waals surface area contributed by atoms with Crippen molar-refractivity contribution in [1.29, 1.82) is 0 Å². The lowest BCUT2D eigenvalue weighted by molar-refractivity contribution is 1.37. The fraction of sp³-hybridized carbons (Fsp3) is 0. The molecule has 0 spiro atoms. The highest BCUT2D eigenvalue weighted by Gasteiger charge is 2.25. The van der Waals surface area contributed by atoms with E-state index in [4.69, 9.17) is 4.98 Å². The van der Waals surface area contributed by atoms with Crippen molar-refractivity contribution in [1.82, 2.24) is 4.98 Å². The molecule has 1 heterocycles. The van der Waals surface area contributed by atoms with Gasteiger partial charge in [0.05, 0.1) is 11.2 Å². The molecule has 6 rings (SSSR count). The average Bonchev–Trinajstić information content (AvgIpc) is 2.98. The maximum absolute atomic E-state index is 5.12. The molecular weight excluding hydrogens is 445 g/mol. The second-order valence-electron chi connectivity index (χ2n) is 9.20. The van der Waals surface area contributed by atoms with Crippen LogP contribution >= 0.6 is 0 Å². The molecule has 37 heavy (non-hydrogen) atoms. The van der Waals surface area contributed by atoms with E-state index in [0.29, 0.717) is 0 Å². The van der Waals surface area contributed by atoms with Gasteiger partial charge in [-0.3, -0.25) is 0 Å². The number of benzene rings is 5. The Balaban J connectivity index is 1.61. The van der Waals surface area contributed by atoms with Crippen LogP contribution in [-0.4, -0.2) is 11.7 Å². The number of aromatic nitrogens is 1. The highest BCUT2D eigenvalue weighted by atomic mass is 14.7. The van der Waals surface area contributed by atoms with Gasteiger partial charge in [-0.05, 0) is 34.9 Å². The van der Waals surface area contributed by atoms with Crippen molar-refractivity contribution in [2.45, 2.75) is 0 Å². The normalized spacial score (nSPS) is 11.4.